The second-order valence-electron chi connectivity index (χ2n) is 1.46. The molecule has 0 spiro atoms. The predicted octanol–water partition coefficient (Wildman–Crippen LogP) is -2.89. The van der Waals surface area contributed by atoms with Crippen LogP contribution in [0.3, 0.4) is 0 Å². The van der Waals surface area contributed by atoms with Crippen molar-refractivity contribution < 1.29 is 42.5 Å². The van der Waals surface area contributed by atoms with E-state index in [2.05, 4.69) is 25.3 Å². The molecule has 0 radical (unpaired) electrons. The van der Waals surface area contributed by atoms with Crippen LogP contribution >= 0.6 is 25.3 Å². The number of rotatable bonds is 3. The van der Waals surface area contributed by atoms with Gasteiger partial charge in [0.15, 0.2) is 0 Å². The Bertz CT molecular complexity index is 166. The van der Waals surface area contributed by atoms with Crippen molar-refractivity contribution in [1.29, 1.82) is 0 Å². The van der Waals surface area contributed by atoms with Crippen LogP contribution in [0.4, 0.5) is 0 Å². The molecule has 0 aliphatic rings. The Balaban J connectivity index is 0. The fraction of sp³-hybridized carbons (Fsp3) is 1.00. The molecular weight excluding hydrogens is 203 g/mol. The van der Waals surface area contributed by atoms with Gasteiger partial charge < -0.3 is 4.55 Å². The maximum Gasteiger partial charge on any atom is 1.00 e. The zero-order chi connectivity index (χ0) is 7.49. The fourth-order valence-electron chi connectivity index (χ4n) is 0.255. The zero-order valence-electron chi connectivity index (χ0n) is 5.52. The van der Waals surface area contributed by atoms with E-state index in [-0.39, 0.29) is 36.0 Å². The largest absolute Gasteiger partial charge is 1.00 e. The smallest absolute Gasteiger partial charge is 0.747 e. The number of hydrogen-bond donors (Lipinski definition) is 2. The molecular formula is C3H7NaO3S3. The van der Waals surface area contributed by atoms with E-state index in [0.29, 0.717) is 5.75 Å². The summed E-state index contributed by atoms with van der Waals surface area (Å²) in [4.78, 5) is 0. The van der Waals surface area contributed by atoms with Crippen LogP contribution in [-0.4, -0.2) is 23.3 Å². The monoisotopic (exact) mass is 210 g/mol. The van der Waals surface area contributed by atoms with E-state index in [9.17, 15) is 13.0 Å². The quantitative estimate of drug-likeness (QED) is 0.299. The average Bonchev–Trinajstić information content (AvgIpc) is 1.64. The van der Waals surface area contributed by atoms with E-state index in [1.165, 1.54) is 0 Å². The third-order valence-corrected chi connectivity index (χ3v) is 2.90. The normalized spacial score (nSPS) is 13.9. The Kier molecular flexibility index (Phi) is 8.72. The first kappa shape index (κ1) is 14.2. The number of thiol groups is 2. The van der Waals surface area contributed by atoms with E-state index in [0.717, 1.165) is 0 Å². The predicted molar refractivity (Wildman–Crippen MR) is 40.9 cm³/mol. The molecule has 0 amide bonds. The first-order chi connectivity index (χ1) is 3.98. The molecule has 10 heavy (non-hydrogen) atoms. The molecule has 1 unspecified atom stereocenters. The summed E-state index contributed by atoms with van der Waals surface area (Å²) in [6, 6.07) is 0. The van der Waals surface area contributed by atoms with Crippen LogP contribution in [0.15, 0.2) is 0 Å². The van der Waals surface area contributed by atoms with Crippen LogP contribution in [0.1, 0.15) is 6.42 Å². The minimum atomic E-state index is -4.20. The maximum absolute atomic E-state index is 10.1. The van der Waals surface area contributed by atoms with Crippen LogP contribution in [0, 0.1) is 0 Å². The molecule has 0 saturated heterocycles. The van der Waals surface area contributed by atoms with Crippen molar-refractivity contribution in [2.24, 2.45) is 0 Å². The van der Waals surface area contributed by atoms with Gasteiger partial charge in [0.2, 0.25) is 0 Å². The molecule has 0 aliphatic heterocycles. The van der Waals surface area contributed by atoms with Crippen LogP contribution in [0.5, 0.6) is 0 Å². The Morgan fingerprint density at radius 3 is 2.00 bits per heavy atom. The third kappa shape index (κ3) is 6.33. The Hall–Kier alpha value is 1.61. The molecule has 0 N–H and O–H groups in total. The summed E-state index contributed by atoms with van der Waals surface area (Å²) < 4.78 is 29.1. The van der Waals surface area contributed by atoms with Gasteiger partial charge in [-0.2, -0.15) is 25.3 Å². The van der Waals surface area contributed by atoms with Crippen LogP contribution in [0.2, 0.25) is 0 Å². The fourth-order valence-corrected chi connectivity index (χ4v) is 1.43. The minimum Gasteiger partial charge on any atom is -0.747 e. The van der Waals surface area contributed by atoms with Gasteiger partial charge in [-0.25, -0.2) is 8.42 Å². The number of hydrogen-bond acceptors (Lipinski definition) is 5. The van der Waals surface area contributed by atoms with E-state index in [1.807, 2.05) is 0 Å². The Labute approximate surface area is 93.8 Å². The van der Waals surface area contributed by atoms with Crippen molar-refractivity contribution in [3.05, 3.63) is 0 Å². The first-order valence-electron chi connectivity index (χ1n) is 2.22. The molecule has 0 aliphatic carbocycles. The molecule has 0 saturated carbocycles. The van der Waals surface area contributed by atoms with Crippen LogP contribution < -0.4 is 29.6 Å². The molecule has 56 valence electrons. The average molecular weight is 210 g/mol. The van der Waals surface area contributed by atoms with Crippen molar-refractivity contribution in [1.82, 2.24) is 0 Å². The van der Waals surface area contributed by atoms with E-state index < -0.39 is 14.7 Å². The van der Waals surface area contributed by atoms with Gasteiger partial charge in [-0.1, -0.05) is 0 Å². The zero-order valence-corrected chi connectivity index (χ0v) is 10.1. The molecule has 1 atom stereocenters. The summed E-state index contributed by atoms with van der Waals surface area (Å²) in [6.45, 7) is 0. The Morgan fingerprint density at radius 2 is 1.90 bits per heavy atom. The molecule has 0 aromatic carbocycles. The van der Waals surface area contributed by atoms with Gasteiger partial charge in [0.1, 0.15) is 10.1 Å². The molecule has 3 nitrogen and oxygen atoms in total. The van der Waals surface area contributed by atoms with Crippen molar-refractivity contribution in [2.45, 2.75) is 11.0 Å². The summed E-state index contributed by atoms with van der Waals surface area (Å²) in [7, 11) is -4.20. The summed E-state index contributed by atoms with van der Waals surface area (Å²) in [5, 5.41) is 0. The standard InChI is InChI=1S/C3H8O3S3.Na/c4-9(5,6)3(8)1-2-7;/h3,7-8H,1-2H2,(H,4,5,6);/q;+1/p-1. The van der Waals surface area contributed by atoms with Gasteiger partial charge in [-0.05, 0) is 12.2 Å². The molecule has 0 aromatic rings. The SMILES string of the molecule is O=S(=O)([O-])C(S)CCS.[Na+]. The van der Waals surface area contributed by atoms with Gasteiger partial charge in [-0.3, -0.25) is 0 Å². The topological polar surface area (TPSA) is 57.2 Å². The second kappa shape index (κ2) is 6.16. The van der Waals surface area contributed by atoms with E-state index in [1.54, 1.807) is 0 Å². The molecule has 0 rings (SSSR count). The van der Waals surface area contributed by atoms with Crippen molar-refractivity contribution in [3.63, 3.8) is 0 Å². The van der Waals surface area contributed by atoms with Crippen LogP contribution in [-0.2, 0) is 10.1 Å². The van der Waals surface area contributed by atoms with Gasteiger partial charge in [-0.15, -0.1) is 0 Å². The van der Waals surface area contributed by atoms with Crippen molar-refractivity contribution in [3.8, 4) is 0 Å². The summed E-state index contributed by atoms with van der Waals surface area (Å²) in [5.41, 5.74) is 0. The van der Waals surface area contributed by atoms with Gasteiger partial charge in [0, 0.05) is 0 Å². The second-order valence-corrected chi connectivity index (χ2v) is 4.43. The van der Waals surface area contributed by atoms with Crippen molar-refractivity contribution in [2.75, 3.05) is 5.75 Å². The maximum atomic E-state index is 10.1. The molecule has 0 bridgehead atoms. The van der Waals surface area contributed by atoms with E-state index in [4.69, 9.17) is 0 Å². The van der Waals surface area contributed by atoms with Gasteiger partial charge in [0.25, 0.3) is 0 Å². The van der Waals surface area contributed by atoms with Crippen LogP contribution in [0.25, 0.3) is 0 Å². The van der Waals surface area contributed by atoms with E-state index >= 15 is 0 Å². The summed E-state index contributed by atoms with van der Waals surface area (Å²) in [5.74, 6) is 0.357. The Morgan fingerprint density at radius 1 is 1.50 bits per heavy atom. The third-order valence-electron chi connectivity index (χ3n) is 0.709. The minimum absolute atomic E-state index is 0. The summed E-state index contributed by atoms with van der Waals surface area (Å²) >= 11 is 7.28. The molecule has 7 heteroatoms. The molecule has 0 fully saturated rings. The molecule has 0 aromatic heterocycles. The van der Waals surface area contributed by atoms with Gasteiger partial charge >= 0.3 is 29.6 Å². The first-order valence-corrected chi connectivity index (χ1v) is 4.84. The molecule has 0 heterocycles. The van der Waals surface area contributed by atoms with Crippen molar-refractivity contribution >= 4 is 35.4 Å². The summed E-state index contributed by atoms with van der Waals surface area (Å²) in [6.07, 6.45) is 0.193. The van der Waals surface area contributed by atoms with Gasteiger partial charge in [0.05, 0.1) is 4.58 Å².